The van der Waals surface area contributed by atoms with Crippen LogP contribution < -0.4 is 10.4 Å². The molecule has 36 heavy (non-hydrogen) atoms. The second-order valence-electron chi connectivity index (χ2n) is 11.0. The van der Waals surface area contributed by atoms with Gasteiger partial charge >= 0.3 is 5.97 Å². The van der Waals surface area contributed by atoms with Gasteiger partial charge in [0.1, 0.15) is 11.7 Å². The van der Waals surface area contributed by atoms with E-state index in [0.29, 0.717) is 18.8 Å². The molecule has 0 saturated carbocycles. The molecular weight excluding hydrogens is 468 g/mol. The highest BCUT2D eigenvalue weighted by molar-refractivity contribution is 6.99. The molecule has 0 fully saturated rings. The number of hydrogen-bond donors (Lipinski definition) is 1. The Morgan fingerprint density at radius 2 is 1.42 bits per heavy atom. The highest BCUT2D eigenvalue weighted by atomic mass is 28.4. The van der Waals surface area contributed by atoms with Crippen molar-refractivity contribution in [3.8, 4) is 0 Å². The van der Waals surface area contributed by atoms with Crippen molar-refractivity contribution in [1.29, 1.82) is 0 Å². The molecule has 0 aliphatic carbocycles. The van der Waals surface area contributed by atoms with Crippen molar-refractivity contribution in [3.63, 3.8) is 0 Å². The number of methoxy groups -OCH3 is 1. The van der Waals surface area contributed by atoms with Crippen molar-refractivity contribution in [1.82, 2.24) is 0 Å². The summed E-state index contributed by atoms with van der Waals surface area (Å²) in [6.45, 7) is 10.3. The van der Waals surface area contributed by atoms with Gasteiger partial charge in [-0.25, -0.2) is 0 Å². The van der Waals surface area contributed by atoms with Crippen molar-refractivity contribution < 1.29 is 23.9 Å². The lowest BCUT2D eigenvalue weighted by Gasteiger charge is -2.43. The van der Waals surface area contributed by atoms with Crippen molar-refractivity contribution in [3.05, 3.63) is 60.7 Å². The molecule has 1 N–H and O–H groups in total. The van der Waals surface area contributed by atoms with Crippen LogP contribution in [0.5, 0.6) is 0 Å². The lowest BCUT2D eigenvalue weighted by atomic mass is 9.94. The number of carbonyl (C=O) groups is 2. The Balaban J connectivity index is 2.25. The first-order valence-electron chi connectivity index (χ1n) is 13.0. The molecule has 3 atom stereocenters. The molecule has 2 aromatic carbocycles. The molecule has 0 unspecified atom stereocenters. The maximum absolute atomic E-state index is 12.8. The Labute approximate surface area is 218 Å². The summed E-state index contributed by atoms with van der Waals surface area (Å²) in [6, 6.07) is 20.5. The Kier molecular flexibility index (Phi) is 11.5. The van der Waals surface area contributed by atoms with Crippen LogP contribution >= 0.6 is 0 Å². The third-order valence-corrected chi connectivity index (χ3v) is 12.0. The van der Waals surface area contributed by atoms with E-state index < -0.39 is 26.3 Å². The van der Waals surface area contributed by atoms with E-state index in [-0.39, 0.29) is 17.4 Å². The Bertz CT molecular complexity index is 899. The van der Waals surface area contributed by atoms with Gasteiger partial charge in [0.2, 0.25) is 0 Å². The molecule has 0 bridgehead atoms. The highest BCUT2D eigenvalue weighted by Crippen LogP contribution is 2.37. The summed E-state index contributed by atoms with van der Waals surface area (Å²) in [5.74, 6) is -0.694. The van der Waals surface area contributed by atoms with Gasteiger partial charge in [0.05, 0.1) is 19.8 Å². The maximum atomic E-state index is 12.8. The third-order valence-electron chi connectivity index (χ3n) is 6.95. The number of carbonyl (C=O) groups excluding carboxylic acids is 2. The number of rotatable bonds is 14. The molecule has 0 heterocycles. The minimum atomic E-state index is -2.84. The lowest BCUT2D eigenvalue weighted by molar-refractivity contribution is -0.151. The molecule has 0 spiro atoms. The van der Waals surface area contributed by atoms with E-state index in [0.717, 1.165) is 29.6 Å². The second kappa shape index (κ2) is 13.9. The standard InChI is InChI=1S/C30H44O5Si/c1-23(21-24(2)31)15-13-14-20-28(32)27(29(33)34-6)22-35-36(30(3,4)5,25-16-9-7-10-17-25)26-18-11-8-12-19-26/h7-12,16-19,23,27-28,32H,13-15,20-22H2,1-6H3/t23-,27+,28-/m1/s1. The summed E-state index contributed by atoms with van der Waals surface area (Å²) in [5.41, 5.74) is 0. The minimum Gasteiger partial charge on any atom is -0.469 e. The normalized spacial score (nSPS) is 14.6. The maximum Gasteiger partial charge on any atom is 0.313 e. The molecule has 2 rings (SSSR count). The van der Waals surface area contributed by atoms with Crippen LogP contribution in [0.3, 0.4) is 0 Å². The second-order valence-corrected chi connectivity index (χ2v) is 15.3. The predicted molar refractivity (Wildman–Crippen MR) is 148 cm³/mol. The lowest BCUT2D eigenvalue weighted by Crippen LogP contribution is -2.67. The zero-order chi connectivity index (χ0) is 26.8. The van der Waals surface area contributed by atoms with Crippen LogP contribution in [0.2, 0.25) is 5.04 Å². The first kappa shape index (κ1) is 29.9. The van der Waals surface area contributed by atoms with Gasteiger partial charge in [0, 0.05) is 6.42 Å². The van der Waals surface area contributed by atoms with Crippen LogP contribution in [-0.4, -0.2) is 45.0 Å². The number of Topliss-reactive ketones (excluding diaryl/α,β-unsaturated/α-hetero) is 1. The highest BCUT2D eigenvalue weighted by Gasteiger charge is 2.51. The number of unbranched alkanes of at least 4 members (excludes halogenated alkanes) is 1. The summed E-state index contributed by atoms with van der Waals surface area (Å²) in [6.07, 6.45) is 2.80. The van der Waals surface area contributed by atoms with E-state index in [1.54, 1.807) is 6.92 Å². The summed E-state index contributed by atoms with van der Waals surface area (Å²) < 4.78 is 12.0. The van der Waals surface area contributed by atoms with E-state index in [1.807, 2.05) is 36.4 Å². The number of benzene rings is 2. The van der Waals surface area contributed by atoms with Gasteiger partial charge in [-0.15, -0.1) is 0 Å². The van der Waals surface area contributed by atoms with Crippen LogP contribution in [-0.2, 0) is 18.8 Å². The zero-order valence-corrected chi connectivity index (χ0v) is 23.8. The average Bonchev–Trinajstić information content (AvgIpc) is 2.84. The largest absolute Gasteiger partial charge is 0.469 e. The first-order valence-corrected chi connectivity index (χ1v) is 14.9. The molecule has 2 aromatic rings. The monoisotopic (exact) mass is 512 g/mol. The minimum absolute atomic E-state index is 0.0852. The van der Waals surface area contributed by atoms with Crippen molar-refractivity contribution >= 4 is 30.4 Å². The molecule has 0 aromatic heterocycles. The zero-order valence-electron chi connectivity index (χ0n) is 22.8. The number of aliphatic hydroxyl groups is 1. The molecule has 198 valence electrons. The number of ketones is 1. The van der Waals surface area contributed by atoms with Gasteiger partial charge in [-0.3, -0.25) is 4.79 Å². The molecule has 0 radical (unpaired) electrons. The number of aliphatic hydroxyl groups excluding tert-OH is 1. The van der Waals surface area contributed by atoms with Crippen LogP contribution in [0, 0.1) is 11.8 Å². The van der Waals surface area contributed by atoms with Gasteiger partial charge in [-0.1, -0.05) is 108 Å². The topological polar surface area (TPSA) is 72.8 Å². The van der Waals surface area contributed by atoms with Gasteiger partial charge in [0.15, 0.2) is 0 Å². The fraction of sp³-hybridized carbons (Fsp3) is 0.533. The van der Waals surface area contributed by atoms with E-state index in [4.69, 9.17) is 9.16 Å². The van der Waals surface area contributed by atoms with E-state index >= 15 is 0 Å². The van der Waals surface area contributed by atoms with Gasteiger partial charge in [0.25, 0.3) is 8.32 Å². The van der Waals surface area contributed by atoms with Gasteiger partial charge in [-0.2, -0.15) is 0 Å². The molecule has 0 saturated heterocycles. The molecule has 0 aliphatic heterocycles. The number of esters is 1. The van der Waals surface area contributed by atoms with Crippen LogP contribution in [0.1, 0.15) is 66.7 Å². The van der Waals surface area contributed by atoms with Crippen molar-refractivity contribution in [2.45, 2.75) is 77.9 Å². The molecule has 0 aliphatic rings. The van der Waals surface area contributed by atoms with E-state index in [2.05, 4.69) is 52.0 Å². The summed E-state index contributed by atoms with van der Waals surface area (Å²) in [7, 11) is -1.48. The molecular formula is C30H44O5Si. The first-order chi connectivity index (χ1) is 17.0. The SMILES string of the molecule is COC(=O)[C@@H](CO[Si](c1ccccc1)(c1ccccc1)C(C)(C)C)[C@H](O)CCCC[C@@H](C)CC(C)=O. The summed E-state index contributed by atoms with van der Waals surface area (Å²) in [5, 5.41) is 13.1. The Hall–Kier alpha value is -2.28. The number of ether oxygens (including phenoxy) is 1. The molecule has 5 nitrogen and oxygen atoms in total. The molecule has 0 amide bonds. The number of hydrogen-bond acceptors (Lipinski definition) is 5. The van der Waals surface area contributed by atoms with Crippen molar-refractivity contribution in [2.24, 2.45) is 11.8 Å². The van der Waals surface area contributed by atoms with Crippen LogP contribution in [0.25, 0.3) is 0 Å². The average molecular weight is 513 g/mol. The quantitative estimate of drug-likeness (QED) is 0.222. The Morgan fingerprint density at radius 1 is 0.917 bits per heavy atom. The summed E-state index contributed by atoms with van der Waals surface area (Å²) >= 11 is 0. The van der Waals surface area contributed by atoms with Gasteiger partial charge in [-0.05, 0) is 34.7 Å². The van der Waals surface area contributed by atoms with E-state index in [9.17, 15) is 14.7 Å². The van der Waals surface area contributed by atoms with E-state index in [1.165, 1.54) is 7.11 Å². The smallest absolute Gasteiger partial charge is 0.313 e. The van der Waals surface area contributed by atoms with Gasteiger partial charge < -0.3 is 19.1 Å². The fourth-order valence-electron chi connectivity index (χ4n) is 5.10. The predicted octanol–water partition coefficient (Wildman–Crippen LogP) is 4.89. The van der Waals surface area contributed by atoms with Crippen molar-refractivity contribution in [2.75, 3.05) is 13.7 Å². The third kappa shape index (κ3) is 7.86. The summed E-state index contributed by atoms with van der Waals surface area (Å²) in [4.78, 5) is 24.1. The molecule has 6 heteroatoms. The van der Waals surface area contributed by atoms with Crippen LogP contribution in [0.4, 0.5) is 0 Å². The fourth-order valence-corrected chi connectivity index (χ4v) is 9.69. The Morgan fingerprint density at radius 3 is 1.86 bits per heavy atom. The van der Waals surface area contributed by atoms with Crippen LogP contribution in [0.15, 0.2) is 60.7 Å².